The summed E-state index contributed by atoms with van der Waals surface area (Å²) in [7, 11) is 0. The fraction of sp³-hybridized carbons (Fsp3) is 0.722. The Kier molecular flexibility index (Phi) is 6.88. The van der Waals surface area contributed by atoms with Gasteiger partial charge in [-0.3, -0.25) is 4.79 Å². The summed E-state index contributed by atoms with van der Waals surface area (Å²) >= 11 is 0. The van der Waals surface area contributed by atoms with Gasteiger partial charge in [0.25, 0.3) is 5.88 Å². The zero-order chi connectivity index (χ0) is 19.2. The normalized spacial score (nSPS) is 15.7. The van der Waals surface area contributed by atoms with Gasteiger partial charge in [0.05, 0.1) is 0 Å². The monoisotopic (exact) mass is 367 g/mol. The summed E-state index contributed by atoms with van der Waals surface area (Å²) in [4.78, 5) is 25.6. The molecular weight excluding hydrogens is 338 g/mol. The van der Waals surface area contributed by atoms with Gasteiger partial charge in [-0.05, 0) is 51.1 Å². The van der Waals surface area contributed by atoms with Crippen molar-refractivity contribution in [3.63, 3.8) is 0 Å². The van der Waals surface area contributed by atoms with Crippen molar-refractivity contribution in [2.45, 2.75) is 58.5 Å². The molecule has 2 heterocycles. The smallest absolute Gasteiger partial charge is 0.410 e. The number of amides is 2. The number of carbonyl (C=O) groups excluding carboxylic acids is 2. The van der Waals surface area contributed by atoms with E-state index >= 15 is 0 Å². The lowest BCUT2D eigenvalue weighted by Gasteiger charge is -2.33. The fourth-order valence-electron chi connectivity index (χ4n) is 2.89. The molecule has 1 saturated heterocycles. The van der Waals surface area contributed by atoms with Crippen molar-refractivity contribution >= 4 is 12.0 Å². The Morgan fingerprint density at radius 1 is 1.38 bits per heavy atom. The van der Waals surface area contributed by atoms with Crippen LogP contribution in [0.15, 0.2) is 10.6 Å². The van der Waals surface area contributed by atoms with Gasteiger partial charge in [-0.2, -0.15) is 0 Å². The van der Waals surface area contributed by atoms with Crippen LogP contribution in [0.4, 0.5) is 4.79 Å². The minimum Gasteiger partial charge on any atom is -0.491 e. The first-order valence-corrected chi connectivity index (χ1v) is 9.12. The maximum atomic E-state index is 12.0. The predicted octanol–water partition coefficient (Wildman–Crippen LogP) is 2.47. The Morgan fingerprint density at radius 2 is 2.08 bits per heavy atom. The first-order valence-electron chi connectivity index (χ1n) is 9.12. The summed E-state index contributed by atoms with van der Waals surface area (Å²) in [5.74, 6) is 0.776. The third kappa shape index (κ3) is 6.93. The number of nitrogens with zero attached hydrogens (tertiary/aromatic N) is 2. The quantitative estimate of drug-likeness (QED) is 0.800. The molecule has 1 aromatic rings. The molecule has 2 rings (SSSR count). The minimum absolute atomic E-state index is 0.0490. The Balaban J connectivity index is 1.58. The van der Waals surface area contributed by atoms with Crippen molar-refractivity contribution in [2.75, 3.05) is 19.6 Å². The average molecular weight is 367 g/mol. The minimum atomic E-state index is -0.470. The fourth-order valence-corrected chi connectivity index (χ4v) is 2.89. The molecule has 1 aliphatic rings. The number of carbonyl (C=O) groups is 2. The van der Waals surface area contributed by atoms with Crippen LogP contribution in [0.3, 0.4) is 0 Å². The van der Waals surface area contributed by atoms with Crippen LogP contribution in [-0.2, 0) is 16.0 Å². The number of likely N-dealkylation sites (tertiary alicyclic amines) is 1. The van der Waals surface area contributed by atoms with Gasteiger partial charge in [0.2, 0.25) is 5.91 Å². The van der Waals surface area contributed by atoms with Crippen molar-refractivity contribution in [1.29, 1.82) is 0 Å². The highest BCUT2D eigenvalue weighted by Gasteiger charge is 2.26. The van der Waals surface area contributed by atoms with Gasteiger partial charge in [-0.1, -0.05) is 0 Å². The number of aryl methyl sites for hydroxylation is 1. The largest absolute Gasteiger partial charge is 0.491 e. The van der Waals surface area contributed by atoms with Gasteiger partial charge in [0.15, 0.2) is 0 Å². The van der Waals surface area contributed by atoms with Crippen LogP contribution in [0.1, 0.15) is 52.2 Å². The number of hydrogen-bond acceptors (Lipinski definition) is 6. The number of nitrogens with one attached hydrogen (secondary N) is 1. The van der Waals surface area contributed by atoms with Crippen LogP contribution in [0.25, 0.3) is 0 Å². The van der Waals surface area contributed by atoms with Crippen molar-refractivity contribution in [1.82, 2.24) is 15.4 Å². The third-order valence-corrected chi connectivity index (χ3v) is 4.29. The van der Waals surface area contributed by atoms with Crippen LogP contribution in [0.5, 0.6) is 5.88 Å². The first kappa shape index (κ1) is 20.1. The van der Waals surface area contributed by atoms with Crippen LogP contribution in [0, 0.1) is 5.92 Å². The predicted molar refractivity (Wildman–Crippen MR) is 94.6 cm³/mol. The summed E-state index contributed by atoms with van der Waals surface area (Å²) in [5, 5.41) is 15.3. The van der Waals surface area contributed by atoms with Gasteiger partial charge in [-0.15, -0.1) is 0 Å². The van der Waals surface area contributed by atoms with E-state index in [9.17, 15) is 9.59 Å². The number of piperidine rings is 1. The second kappa shape index (κ2) is 8.91. The lowest BCUT2D eigenvalue weighted by atomic mass is 9.94. The van der Waals surface area contributed by atoms with Gasteiger partial charge >= 0.3 is 6.09 Å². The maximum Gasteiger partial charge on any atom is 0.410 e. The van der Waals surface area contributed by atoms with Crippen LogP contribution >= 0.6 is 0 Å². The van der Waals surface area contributed by atoms with Gasteiger partial charge < -0.3 is 24.6 Å². The van der Waals surface area contributed by atoms with Crippen LogP contribution in [-0.4, -0.2) is 52.4 Å². The first-order chi connectivity index (χ1) is 12.2. The van der Waals surface area contributed by atoms with E-state index in [1.807, 2.05) is 20.8 Å². The molecule has 1 aliphatic heterocycles. The Bertz CT molecular complexity index is 600. The standard InChI is InChI=1S/C18H29N3O5/c1-18(2,3)25-17(24)21-10-7-13(8-11-21)6-9-19-15(22)5-4-14-12-16(23)20-26-14/h12-13H,4-11H2,1-3H3,(H,19,22)(H,20,23). The molecule has 1 aromatic heterocycles. The number of hydrogen-bond donors (Lipinski definition) is 2. The molecule has 1 fully saturated rings. The Morgan fingerprint density at radius 3 is 2.65 bits per heavy atom. The number of ether oxygens (including phenoxy) is 1. The molecular formula is C18H29N3O5. The van der Waals surface area contributed by atoms with E-state index in [0.29, 0.717) is 44.2 Å². The second-order valence-corrected chi connectivity index (χ2v) is 7.70. The highest BCUT2D eigenvalue weighted by atomic mass is 16.6. The molecule has 2 N–H and O–H groups in total. The van der Waals surface area contributed by atoms with Gasteiger partial charge in [0, 0.05) is 38.5 Å². The topological polar surface area (TPSA) is 105 Å². The average Bonchev–Trinajstić information content (AvgIpc) is 2.97. The summed E-state index contributed by atoms with van der Waals surface area (Å²) in [6, 6.07) is 1.41. The molecule has 146 valence electrons. The molecule has 0 saturated carbocycles. The van der Waals surface area contributed by atoms with Gasteiger partial charge in [0.1, 0.15) is 11.4 Å². The van der Waals surface area contributed by atoms with E-state index in [0.717, 1.165) is 19.3 Å². The highest BCUT2D eigenvalue weighted by molar-refractivity contribution is 5.76. The van der Waals surface area contributed by atoms with E-state index < -0.39 is 5.60 Å². The lowest BCUT2D eigenvalue weighted by molar-refractivity contribution is -0.121. The molecule has 2 amide bonds. The number of rotatable bonds is 6. The molecule has 0 bridgehead atoms. The van der Waals surface area contributed by atoms with Crippen molar-refractivity contribution in [3.05, 3.63) is 11.8 Å². The molecule has 8 heteroatoms. The van der Waals surface area contributed by atoms with E-state index in [1.54, 1.807) is 4.90 Å². The molecule has 0 aliphatic carbocycles. The van der Waals surface area contributed by atoms with Crippen molar-refractivity contribution in [3.8, 4) is 5.88 Å². The molecule has 0 aromatic carbocycles. The number of aromatic hydroxyl groups is 1. The summed E-state index contributed by atoms with van der Waals surface area (Å²) in [6.07, 6.45) is 3.21. The molecule has 0 atom stereocenters. The highest BCUT2D eigenvalue weighted by Crippen LogP contribution is 2.21. The summed E-state index contributed by atoms with van der Waals surface area (Å²) in [6.45, 7) is 7.62. The third-order valence-electron chi connectivity index (χ3n) is 4.29. The SMILES string of the molecule is CC(C)(C)OC(=O)N1CCC(CCNC(=O)CCc2cc(O)no2)CC1. The van der Waals surface area contributed by atoms with Crippen LogP contribution in [0.2, 0.25) is 0 Å². The van der Waals surface area contributed by atoms with Crippen molar-refractivity contribution < 1.29 is 24.0 Å². The van der Waals surface area contributed by atoms with E-state index in [-0.39, 0.29) is 17.9 Å². The van der Waals surface area contributed by atoms with Crippen molar-refractivity contribution in [2.24, 2.45) is 5.92 Å². The molecule has 0 spiro atoms. The van der Waals surface area contributed by atoms with E-state index in [1.165, 1.54) is 6.07 Å². The summed E-state index contributed by atoms with van der Waals surface area (Å²) < 4.78 is 10.2. The Hall–Kier alpha value is -2.25. The second-order valence-electron chi connectivity index (χ2n) is 7.70. The van der Waals surface area contributed by atoms with E-state index in [2.05, 4.69) is 10.5 Å². The maximum absolute atomic E-state index is 12.0. The molecule has 0 radical (unpaired) electrons. The zero-order valence-corrected chi connectivity index (χ0v) is 15.8. The van der Waals surface area contributed by atoms with E-state index in [4.69, 9.17) is 14.4 Å². The lowest BCUT2D eigenvalue weighted by Crippen LogP contribution is -2.42. The van der Waals surface area contributed by atoms with Crippen LogP contribution < -0.4 is 5.32 Å². The summed E-state index contributed by atoms with van der Waals surface area (Å²) in [5.41, 5.74) is -0.470. The molecule has 26 heavy (non-hydrogen) atoms. The number of aromatic nitrogens is 1. The molecule has 8 nitrogen and oxygen atoms in total. The van der Waals surface area contributed by atoms with Gasteiger partial charge in [-0.25, -0.2) is 4.79 Å². The molecule has 0 unspecified atom stereocenters. The Labute approximate surface area is 153 Å². The zero-order valence-electron chi connectivity index (χ0n) is 15.8.